The molecule has 2 aromatic heterocycles. The first-order valence-corrected chi connectivity index (χ1v) is 4.79. The van der Waals surface area contributed by atoms with Gasteiger partial charge in [-0.1, -0.05) is 6.07 Å². The molecular formula is C11H12N2O2. The zero-order valence-corrected chi connectivity index (χ0v) is 8.68. The Morgan fingerprint density at radius 1 is 1.53 bits per heavy atom. The monoisotopic (exact) mass is 204 g/mol. The Labute approximate surface area is 87.4 Å². The van der Waals surface area contributed by atoms with Gasteiger partial charge in [-0.2, -0.15) is 0 Å². The van der Waals surface area contributed by atoms with E-state index in [2.05, 4.69) is 0 Å². The number of hydrogen-bond acceptors (Lipinski definition) is 2. The fourth-order valence-corrected chi connectivity index (χ4v) is 1.72. The largest absolute Gasteiger partial charge is 0.546 e. The van der Waals surface area contributed by atoms with E-state index in [1.54, 1.807) is 17.8 Å². The molecule has 0 saturated heterocycles. The average Bonchev–Trinajstić information content (AvgIpc) is 2.56. The fourth-order valence-electron chi connectivity index (χ4n) is 1.72. The Hall–Kier alpha value is -1.84. The summed E-state index contributed by atoms with van der Waals surface area (Å²) in [5.41, 5.74) is 1.93. The third kappa shape index (κ3) is 1.48. The summed E-state index contributed by atoms with van der Waals surface area (Å²) >= 11 is 0. The van der Waals surface area contributed by atoms with Crippen LogP contribution in [0.2, 0.25) is 0 Å². The van der Waals surface area contributed by atoms with Gasteiger partial charge in [-0.15, -0.1) is 0 Å². The third-order valence-corrected chi connectivity index (χ3v) is 2.66. The average molecular weight is 204 g/mol. The van der Waals surface area contributed by atoms with Crippen molar-refractivity contribution in [1.29, 1.82) is 0 Å². The van der Waals surface area contributed by atoms with E-state index in [0.29, 0.717) is 0 Å². The lowest BCUT2D eigenvalue weighted by atomic mass is 10.3. The molecule has 0 aliphatic rings. The first-order valence-electron chi connectivity index (χ1n) is 4.79. The highest BCUT2D eigenvalue weighted by atomic mass is 16.4. The van der Waals surface area contributed by atoms with Crippen LogP contribution < -0.4 is 9.51 Å². The molecule has 0 amide bonds. The lowest BCUT2D eigenvalue weighted by Gasteiger charge is -2.09. The summed E-state index contributed by atoms with van der Waals surface area (Å²) in [5, 5.41) is 10.8. The van der Waals surface area contributed by atoms with Crippen molar-refractivity contribution < 1.29 is 14.3 Å². The van der Waals surface area contributed by atoms with Crippen LogP contribution in [0.15, 0.2) is 30.7 Å². The number of carbonyl (C=O) groups excluding carboxylic acids is 1. The van der Waals surface area contributed by atoms with E-state index in [-0.39, 0.29) is 0 Å². The zero-order valence-electron chi connectivity index (χ0n) is 8.68. The van der Waals surface area contributed by atoms with Crippen molar-refractivity contribution in [2.45, 2.75) is 19.9 Å². The molecule has 15 heavy (non-hydrogen) atoms. The number of rotatable bonds is 2. The van der Waals surface area contributed by atoms with Crippen LogP contribution in [-0.2, 0) is 4.79 Å². The van der Waals surface area contributed by atoms with Gasteiger partial charge in [0.05, 0.1) is 12.2 Å². The second-order valence-electron chi connectivity index (χ2n) is 3.60. The molecule has 78 valence electrons. The lowest BCUT2D eigenvalue weighted by molar-refractivity contribution is -0.512. The minimum Gasteiger partial charge on any atom is -0.546 e. The quantitative estimate of drug-likeness (QED) is 0.638. The van der Waals surface area contributed by atoms with Crippen LogP contribution in [0, 0.1) is 6.92 Å². The number of hydrogen-bond donors (Lipinski definition) is 0. The summed E-state index contributed by atoms with van der Waals surface area (Å²) in [7, 11) is 0. The molecule has 0 spiro atoms. The van der Waals surface area contributed by atoms with Crippen LogP contribution in [0.5, 0.6) is 0 Å². The van der Waals surface area contributed by atoms with Gasteiger partial charge in [0.2, 0.25) is 6.33 Å². The second kappa shape index (κ2) is 3.38. The van der Waals surface area contributed by atoms with Crippen molar-refractivity contribution in [2.75, 3.05) is 0 Å². The number of aromatic nitrogens is 2. The number of pyridine rings is 1. The van der Waals surface area contributed by atoms with E-state index in [4.69, 9.17) is 0 Å². The number of carbonyl (C=O) groups is 1. The fraction of sp³-hybridized carbons (Fsp3) is 0.273. The summed E-state index contributed by atoms with van der Waals surface area (Å²) in [6, 6.07) is 5.13. The molecule has 4 nitrogen and oxygen atoms in total. The Bertz CT molecular complexity index is 516. The molecule has 2 aromatic rings. The van der Waals surface area contributed by atoms with Gasteiger partial charge in [-0.05, 0) is 19.1 Å². The maximum absolute atomic E-state index is 10.8. The van der Waals surface area contributed by atoms with Crippen molar-refractivity contribution in [3.63, 3.8) is 0 Å². The van der Waals surface area contributed by atoms with E-state index >= 15 is 0 Å². The Morgan fingerprint density at radius 2 is 2.27 bits per heavy atom. The van der Waals surface area contributed by atoms with Crippen LogP contribution in [0.25, 0.3) is 5.52 Å². The van der Waals surface area contributed by atoms with Gasteiger partial charge in [0.1, 0.15) is 11.7 Å². The van der Waals surface area contributed by atoms with Crippen LogP contribution in [0.4, 0.5) is 0 Å². The maximum atomic E-state index is 10.8. The molecule has 0 aliphatic carbocycles. The molecule has 0 fully saturated rings. The summed E-state index contributed by atoms with van der Waals surface area (Å²) in [4.78, 5) is 10.8. The minimum atomic E-state index is -1.07. The predicted molar refractivity (Wildman–Crippen MR) is 52.0 cm³/mol. The molecule has 0 bridgehead atoms. The number of carboxylic acid groups (broad SMARTS) is 1. The van der Waals surface area contributed by atoms with Gasteiger partial charge >= 0.3 is 0 Å². The van der Waals surface area contributed by atoms with Crippen molar-refractivity contribution in [3.05, 3.63) is 36.4 Å². The summed E-state index contributed by atoms with van der Waals surface area (Å²) in [5.74, 6) is -1.07. The molecular weight excluding hydrogens is 192 g/mol. The van der Waals surface area contributed by atoms with Crippen LogP contribution in [0.3, 0.4) is 0 Å². The molecule has 4 heteroatoms. The Morgan fingerprint density at radius 3 is 2.87 bits per heavy atom. The zero-order chi connectivity index (χ0) is 11.0. The van der Waals surface area contributed by atoms with E-state index in [1.807, 2.05) is 35.7 Å². The molecule has 2 rings (SSSR count). The van der Waals surface area contributed by atoms with Crippen molar-refractivity contribution in [1.82, 2.24) is 4.57 Å². The highest BCUT2D eigenvalue weighted by Crippen LogP contribution is 2.12. The first kappa shape index (κ1) is 9.71. The van der Waals surface area contributed by atoms with Gasteiger partial charge in [0, 0.05) is 6.92 Å². The number of nitrogens with zero attached hydrogens (tertiary/aromatic N) is 2. The predicted octanol–water partition coefficient (Wildman–Crippen LogP) is -0.154. The Kier molecular flexibility index (Phi) is 2.19. The van der Waals surface area contributed by atoms with Crippen LogP contribution in [0.1, 0.15) is 18.7 Å². The normalized spacial score (nSPS) is 12.9. The summed E-state index contributed by atoms with van der Waals surface area (Å²) in [6.45, 7) is 3.51. The number of aliphatic carboxylic acids is 1. The van der Waals surface area contributed by atoms with E-state index < -0.39 is 12.0 Å². The maximum Gasteiger partial charge on any atom is 0.249 e. The van der Waals surface area contributed by atoms with Gasteiger partial charge in [-0.25, -0.2) is 8.97 Å². The SMILES string of the molecule is Cc1c2cccc[n+]2cn1[C@@H](C)C(=O)[O-]. The first-order chi connectivity index (χ1) is 7.11. The third-order valence-electron chi connectivity index (χ3n) is 2.66. The molecule has 0 saturated carbocycles. The molecule has 2 heterocycles. The highest BCUT2D eigenvalue weighted by Gasteiger charge is 2.18. The molecule has 0 aromatic carbocycles. The van der Waals surface area contributed by atoms with E-state index in [1.165, 1.54) is 0 Å². The molecule has 0 N–H and O–H groups in total. The summed E-state index contributed by atoms with van der Waals surface area (Å²) in [6.07, 6.45) is 3.66. The van der Waals surface area contributed by atoms with E-state index in [0.717, 1.165) is 11.2 Å². The number of imidazole rings is 1. The standard InChI is InChI=1S/C11H12N2O2/c1-8-10-5-3-4-6-12(10)7-13(8)9(2)11(14)15/h3-7,9H,1-2H3/t9-/m0/s1. The molecule has 1 atom stereocenters. The van der Waals surface area contributed by atoms with Gasteiger partial charge in [0.25, 0.3) is 0 Å². The minimum absolute atomic E-state index is 0.648. The highest BCUT2D eigenvalue weighted by molar-refractivity contribution is 5.69. The molecule has 0 aliphatic heterocycles. The second-order valence-corrected chi connectivity index (χ2v) is 3.60. The molecule has 0 radical (unpaired) electrons. The summed E-state index contributed by atoms with van der Waals surface area (Å²) < 4.78 is 3.60. The topological polar surface area (TPSA) is 49.2 Å². The van der Waals surface area contributed by atoms with Gasteiger partial charge < -0.3 is 9.90 Å². The van der Waals surface area contributed by atoms with Gasteiger partial charge in [0.15, 0.2) is 5.52 Å². The Balaban J connectivity index is 2.63. The van der Waals surface area contributed by atoms with Crippen LogP contribution in [-0.4, -0.2) is 10.5 Å². The van der Waals surface area contributed by atoms with Crippen molar-refractivity contribution in [2.24, 2.45) is 0 Å². The lowest BCUT2D eigenvalue weighted by Crippen LogP contribution is -2.32. The van der Waals surface area contributed by atoms with Crippen molar-refractivity contribution in [3.8, 4) is 0 Å². The van der Waals surface area contributed by atoms with Crippen molar-refractivity contribution >= 4 is 11.5 Å². The number of aryl methyl sites for hydroxylation is 1. The molecule has 0 unspecified atom stereocenters. The smallest absolute Gasteiger partial charge is 0.249 e. The van der Waals surface area contributed by atoms with Gasteiger partial charge in [-0.3, -0.25) is 0 Å². The number of fused-ring (bicyclic) bond motifs is 1. The van der Waals surface area contributed by atoms with E-state index in [9.17, 15) is 9.90 Å². The van der Waals surface area contributed by atoms with Crippen LogP contribution >= 0.6 is 0 Å². The number of carboxylic acids is 1.